The summed E-state index contributed by atoms with van der Waals surface area (Å²) in [6.45, 7) is 0.387. The largest absolute Gasteiger partial charge is 0.426 e. The van der Waals surface area contributed by atoms with E-state index in [1.54, 1.807) is 18.3 Å². The summed E-state index contributed by atoms with van der Waals surface area (Å²) in [4.78, 5) is 28.6. The van der Waals surface area contributed by atoms with Gasteiger partial charge in [0.15, 0.2) is 5.78 Å². The van der Waals surface area contributed by atoms with E-state index in [1.165, 1.54) is 18.2 Å². The number of benzene rings is 1. The van der Waals surface area contributed by atoms with Gasteiger partial charge in [-0.1, -0.05) is 0 Å². The molecule has 8 heteroatoms. The third-order valence-electron chi connectivity index (χ3n) is 4.37. The van der Waals surface area contributed by atoms with Gasteiger partial charge in [-0.2, -0.15) is 13.2 Å². The summed E-state index contributed by atoms with van der Waals surface area (Å²) in [5, 5.41) is 11.5. The van der Waals surface area contributed by atoms with E-state index in [4.69, 9.17) is 0 Å². The van der Waals surface area contributed by atoms with Gasteiger partial charge in [-0.25, -0.2) is 0 Å². The number of nitrogens with zero attached hydrogens (tertiary/aromatic N) is 1. The van der Waals surface area contributed by atoms with E-state index in [-0.39, 0.29) is 11.5 Å². The van der Waals surface area contributed by atoms with Gasteiger partial charge in [-0.3, -0.25) is 14.6 Å². The minimum Gasteiger partial charge on any atom is -0.373 e. The molecule has 0 radical (unpaired) electrons. The highest BCUT2D eigenvalue weighted by Crippen LogP contribution is 2.32. The van der Waals surface area contributed by atoms with Crippen LogP contribution < -0.4 is 5.32 Å². The Morgan fingerprint density at radius 3 is 2.62 bits per heavy atom. The molecule has 1 aliphatic rings. The first-order valence-electron chi connectivity index (χ1n) is 7.83. The molecule has 26 heavy (non-hydrogen) atoms. The van der Waals surface area contributed by atoms with Crippen molar-refractivity contribution < 1.29 is 27.9 Å². The molecule has 3 rings (SSSR count). The first kappa shape index (κ1) is 18.1. The molecular formula is C18H15F3N2O3. The Bertz CT molecular complexity index is 891. The summed E-state index contributed by atoms with van der Waals surface area (Å²) in [6, 6.07) is 7.58. The van der Waals surface area contributed by atoms with Crippen LogP contribution in [0.3, 0.4) is 0 Å². The second kappa shape index (κ2) is 6.21. The highest BCUT2D eigenvalue weighted by atomic mass is 19.4. The Labute approximate surface area is 146 Å². The van der Waals surface area contributed by atoms with Crippen molar-refractivity contribution in [3.05, 3.63) is 58.9 Å². The lowest BCUT2D eigenvalue weighted by Crippen LogP contribution is -2.52. The molecule has 0 bridgehead atoms. The van der Waals surface area contributed by atoms with Crippen LogP contribution in [-0.4, -0.2) is 33.6 Å². The molecule has 0 saturated carbocycles. The van der Waals surface area contributed by atoms with Crippen LogP contribution in [0.4, 0.5) is 18.9 Å². The summed E-state index contributed by atoms with van der Waals surface area (Å²) in [5.74, 6) is -1.81. The molecule has 5 nitrogen and oxygen atoms in total. The molecule has 0 fully saturated rings. The zero-order valence-corrected chi connectivity index (χ0v) is 13.7. The molecule has 1 aromatic carbocycles. The standard InChI is InChI=1S/C18H15F3N2O3/c1-17(26,18(19,20)21)16(25)23-11-5-6-12-10(9-11)4-7-14-13(15(12)24)3-2-8-22-14/h2-3,5-6,8-9,26H,4,7H2,1H3,(H,23,25). The van der Waals surface area contributed by atoms with Crippen LogP contribution in [0.5, 0.6) is 0 Å². The minimum atomic E-state index is -5.11. The second-order valence-electron chi connectivity index (χ2n) is 6.22. The lowest BCUT2D eigenvalue weighted by molar-refractivity contribution is -0.242. The van der Waals surface area contributed by atoms with Crippen LogP contribution in [0.25, 0.3) is 0 Å². The maximum atomic E-state index is 12.8. The molecule has 1 atom stereocenters. The number of carbonyl (C=O) groups excluding carboxylic acids is 2. The summed E-state index contributed by atoms with van der Waals surface area (Å²) < 4.78 is 38.3. The van der Waals surface area contributed by atoms with E-state index in [2.05, 4.69) is 10.3 Å². The van der Waals surface area contributed by atoms with E-state index >= 15 is 0 Å². The zero-order valence-electron chi connectivity index (χ0n) is 13.7. The number of hydrogen-bond acceptors (Lipinski definition) is 4. The fourth-order valence-corrected chi connectivity index (χ4v) is 2.72. The number of pyridine rings is 1. The van der Waals surface area contributed by atoms with Crippen molar-refractivity contribution in [1.29, 1.82) is 0 Å². The van der Waals surface area contributed by atoms with E-state index < -0.39 is 17.7 Å². The lowest BCUT2D eigenvalue weighted by atomic mass is 9.99. The highest BCUT2D eigenvalue weighted by molar-refractivity contribution is 6.11. The van der Waals surface area contributed by atoms with Crippen molar-refractivity contribution in [2.75, 3.05) is 5.32 Å². The van der Waals surface area contributed by atoms with Crippen LogP contribution in [0.15, 0.2) is 36.5 Å². The maximum absolute atomic E-state index is 12.8. The Kier molecular flexibility index (Phi) is 4.31. The number of aromatic nitrogens is 1. The van der Waals surface area contributed by atoms with Gasteiger partial charge in [-0.05, 0) is 55.7 Å². The molecule has 136 valence electrons. The molecule has 1 amide bonds. The van der Waals surface area contributed by atoms with Crippen LogP contribution in [0.2, 0.25) is 0 Å². The third kappa shape index (κ3) is 3.08. The first-order chi connectivity index (χ1) is 12.1. The normalized spacial score (nSPS) is 16.1. The number of ketones is 1. The Morgan fingerprint density at radius 1 is 1.19 bits per heavy atom. The monoisotopic (exact) mass is 364 g/mol. The second-order valence-corrected chi connectivity index (χ2v) is 6.22. The summed E-state index contributed by atoms with van der Waals surface area (Å²) in [7, 11) is 0. The predicted molar refractivity (Wildman–Crippen MR) is 86.8 cm³/mol. The van der Waals surface area contributed by atoms with Crippen LogP contribution in [0, 0.1) is 0 Å². The van der Waals surface area contributed by atoms with Gasteiger partial charge in [0.2, 0.25) is 5.60 Å². The number of rotatable bonds is 2. The molecule has 1 aromatic heterocycles. The highest BCUT2D eigenvalue weighted by Gasteiger charge is 2.55. The van der Waals surface area contributed by atoms with Gasteiger partial charge >= 0.3 is 6.18 Å². The number of amides is 1. The van der Waals surface area contributed by atoms with Gasteiger partial charge in [-0.15, -0.1) is 0 Å². The van der Waals surface area contributed by atoms with Gasteiger partial charge in [0.25, 0.3) is 5.91 Å². The smallest absolute Gasteiger partial charge is 0.373 e. The Balaban J connectivity index is 1.89. The maximum Gasteiger partial charge on any atom is 0.426 e. The third-order valence-corrected chi connectivity index (χ3v) is 4.37. The molecule has 0 spiro atoms. The number of alkyl halides is 3. The molecular weight excluding hydrogens is 349 g/mol. The fraction of sp³-hybridized carbons (Fsp3) is 0.278. The van der Waals surface area contributed by atoms with E-state index in [9.17, 15) is 27.9 Å². The van der Waals surface area contributed by atoms with Crippen molar-refractivity contribution >= 4 is 17.4 Å². The van der Waals surface area contributed by atoms with E-state index in [0.29, 0.717) is 42.1 Å². The van der Waals surface area contributed by atoms with Crippen molar-refractivity contribution in [3.8, 4) is 0 Å². The number of nitrogens with one attached hydrogen (secondary N) is 1. The quantitative estimate of drug-likeness (QED) is 0.859. The van der Waals surface area contributed by atoms with Gasteiger partial charge in [0, 0.05) is 23.0 Å². The molecule has 2 aromatic rings. The number of aliphatic hydroxyl groups is 1. The molecule has 1 aliphatic carbocycles. The number of halogens is 3. The van der Waals surface area contributed by atoms with Gasteiger partial charge in [0.05, 0.1) is 5.69 Å². The number of aryl methyl sites for hydroxylation is 2. The zero-order chi connectivity index (χ0) is 19.1. The first-order valence-corrected chi connectivity index (χ1v) is 7.83. The summed E-state index contributed by atoms with van der Waals surface area (Å²) >= 11 is 0. The average molecular weight is 364 g/mol. The van der Waals surface area contributed by atoms with Crippen molar-refractivity contribution in [2.45, 2.75) is 31.5 Å². The molecule has 2 N–H and O–H groups in total. The molecule has 1 unspecified atom stereocenters. The lowest BCUT2D eigenvalue weighted by Gasteiger charge is -2.25. The van der Waals surface area contributed by atoms with Crippen molar-refractivity contribution in [2.24, 2.45) is 0 Å². The van der Waals surface area contributed by atoms with Crippen LogP contribution in [-0.2, 0) is 17.6 Å². The number of fused-ring (bicyclic) bond motifs is 2. The fourth-order valence-electron chi connectivity index (χ4n) is 2.72. The number of hydrogen-bond donors (Lipinski definition) is 2. The molecule has 1 heterocycles. The topological polar surface area (TPSA) is 79.3 Å². The predicted octanol–water partition coefficient (Wildman–Crippen LogP) is 2.66. The van der Waals surface area contributed by atoms with E-state index in [1.807, 2.05) is 0 Å². The number of anilines is 1. The van der Waals surface area contributed by atoms with Crippen LogP contribution in [0.1, 0.15) is 34.1 Å². The molecule has 0 saturated heterocycles. The summed E-state index contributed by atoms with van der Waals surface area (Å²) in [6.07, 6.45) is -2.57. The van der Waals surface area contributed by atoms with E-state index in [0.717, 1.165) is 0 Å². The summed E-state index contributed by atoms with van der Waals surface area (Å²) in [5.41, 5.74) is -1.29. The SMILES string of the molecule is CC(O)(C(=O)Nc1ccc2c(c1)CCc1ncccc1C2=O)C(F)(F)F. The van der Waals surface area contributed by atoms with Gasteiger partial charge < -0.3 is 10.4 Å². The Hall–Kier alpha value is -2.74. The van der Waals surface area contributed by atoms with Crippen molar-refractivity contribution in [1.82, 2.24) is 4.98 Å². The minimum absolute atomic E-state index is 0.0741. The number of carbonyl (C=O) groups is 2. The average Bonchev–Trinajstić information content (AvgIpc) is 2.71. The van der Waals surface area contributed by atoms with Crippen LogP contribution >= 0.6 is 0 Å². The van der Waals surface area contributed by atoms with Crippen molar-refractivity contribution in [3.63, 3.8) is 0 Å². The Morgan fingerprint density at radius 2 is 1.92 bits per heavy atom. The van der Waals surface area contributed by atoms with Gasteiger partial charge in [0.1, 0.15) is 0 Å². The molecule has 0 aliphatic heterocycles.